The number of pyridine rings is 1. The molecule has 3 N–H and O–H groups in total. The van der Waals surface area contributed by atoms with Gasteiger partial charge in [0.1, 0.15) is 12.0 Å². The van der Waals surface area contributed by atoms with E-state index in [0.29, 0.717) is 11.0 Å². The van der Waals surface area contributed by atoms with Gasteiger partial charge in [0.15, 0.2) is 0 Å². The molecule has 3 aliphatic rings. The van der Waals surface area contributed by atoms with E-state index in [1.54, 1.807) is 13.1 Å². The largest absolute Gasteiger partial charge is 0.493 e. The molecule has 0 aliphatic heterocycles. The van der Waals surface area contributed by atoms with E-state index in [9.17, 15) is 9.90 Å². The topological polar surface area (TPSA) is 94.0 Å². The highest BCUT2D eigenvalue weighted by atomic mass is 35.5. The third-order valence-electron chi connectivity index (χ3n) is 4.63. The van der Waals surface area contributed by atoms with E-state index in [1.165, 1.54) is 10.9 Å². The summed E-state index contributed by atoms with van der Waals surface area (Å²) in [4.78, 5) is 20.3. The van der Waals surface area contributed by atoms with Crippen molar-refractivity contribution in [3.63, 3.8) is 0 Å². The third-order valence-corrected chi connectivity index (χ3v) is 4.63. The minimum absolute atomic E-state index is 0. The Balaban J connectivity index is 0.00000121. The van der Waals surface area contributed by atoms with Crippen LogP contribution in [0.5, 0.6) is 5.88 Å². The molecular formula is C13H15ClN4O2. The smallest absolute Gasteiger partial charge is 0.255 e. The first-order valence-electron chi connectivity index (χ1n) is 6.27. The van der Waals surface area contributed by atoms with Crippen molar-refractivity contribution >= 4 is 23.4 Å². The Hall–Kier alpha value is -1.66. The summed E-state index contributed by atoms with van der Waals surface area (Å²) < 4.78 is 1.48. The summed E-state index contributed by atoms with van der Waals surface area (Å²) in [5.74, 6) is -0.0871. The first-order valence-corrected chi connectivity index (χ1v) is 6.27. The number of aromatic nitrogens is 3. The maximum absolute atomic E-state index is 12.4. The van der Waals surface area contributed by atoms with Crippen LogP contribution in [0.15, 0.2) is 17.2 Å². The van der Waals surface area contributed by atoms with E-state index in [1.807, 2.05) is 0 Å². The van der Waals surface area contributed by atoms with Crippen LogP contribution >= 0.6 is 12.4 Å². The third kappa shape index (κ3) is 1.40. The van der Waals surface area contributed by atoms with Gasteiger partial charge >= 0.3 is 0 Å². The zero-order chi connectivity index (χ0) is 13.4. The molecule has 0 radical (unpaired) electrons. The Kier molecular flexibility index (Phi) is 2.47. The SMILES string of the molecule is Cl.Cn1c(=O)c(C23CC(N)(C2)C3)cc2c(O)ncnc21. The Bertz CT molecular complexity index is 766. The van der Waals surface area contributed by atoms with Crippen LogP contribution in [0.3, 0.4) is 0 Å². The monoisotopic (exact) mass is 294 g/mol. The zero-order valence-electron chi connectivity index (χ0n) is 11.0. The highest BCUT2D eigenvalue weighted by Crippen LogP contribution is 2.65. The van der Waals surface area contributed by atoms with Gasteiger partial charge in [-0.15, -0.1) is 12.4 Å². The van der Waals surface area contributed by atoms with E-state index in [4.69, 9.17) is 5.73 Å². The van der Waals surface area contributed by atoms with E-state index in [2.05, 4.69) is 9.97 Å². The normalized spacial score (nSPS) is 30.3. The minimum Gasteiger partial charge on any atom is -0.493 e. The molecule has 5 rings (SSSR count). The van der Waals surface area contributed by atoms with Crippen LogP contribution in [0.1, 0.15) is 24.8 Å². The van der Waals surface area contributed by atoms with Crippen LogP contribution in [0.2, 0.25) is 0 Å². The van der Waals surface area contributed by atoms with Crippen molar-refractivity contribution in [3.05, 3.63) is 28.3 Å². The Morgan fingerprint density at radius 1 is 1.35 bits per heavy atom. The molecule has 20 heavy (non-hydrogen) atoms. The van der Waals surface area contributed by atoms with Gasteiger partial charge in [0.05, 0.1) is 5.39 Å². The van der Waals surface area contributed by atoms with Crippen LogP contribution < -0.4 is 11.3 Å². The fraction of sp³-hybridized carbons (Fsp3) is 0.462. The molecule has 3 saturated carbocycles. The first-order chi connectivity index (χ1) is 8.94. The lowest BCUT2D eigenvalue weighted by Gasteiger charge is -2.69. The number of aromatic hydroxyl groups is 1. The van der Waals surface area contributed by atoms with Crippen molar-refractivity contribution in [2.45, 2.75) is 30.2 Å². The van der Waals surface area contributed by atoms with Gasteiger partial charge in [-0.25, -0.2) is 9.97 Å². The van der Waals surface area contributed by atoms with Gasteiger partial charge in [-0.3, -0.25) is 9.36 Å². The second-order valence-corrected chi connectivity index (χ2v) is 6.03. The second-order valence-electron chi connectivity index (χ2n) is 6.03. The maximum Gasteiger partial charge on any atom is 0.255 e. The van der Waals surface area contributed by atoms with Gasteiger partial charge < -0.3 is 10.8 Å². The van der Waals surface area contributed by atoms with Crippen LogP contribution in [-0.2, 0) is 12.5 Å². The fourth-order valence-corrected chi connectivity index (χ4v) is 3.79. The molecule has 0 saturated heterocycles. The van der Waals surface area contributed by atoms with Gasteiger partial charge in [0.2, 0.25) is 5.88 Å². The van der Waals surface area contributed by atoms with E-state index in [-0.39, 0.29) is 34.8 Å². The van der Waals surface area contributed by atoms with Crippen LogP contribution in [0.4, 0.5) is 0 Å². The molecule has 3 fully saturated rings. The lowest BCUT2D eigenvalue weighted by atomic mass is 9.38. The van der Waals surface area contributed by atoms with Gasteiger partial charge in [-0.1, -0.05) is 0 Å². The second kappa shape index (κ2) is 3.71. The predicted octanol–water partition coefficient (Wildman–Crippen LogP) is 0.589. The molecule has 2 bridgehead atoms. The molecule has 106 valence electrons. The molecule has 6 nitrogen and oxygen atoms in total. The highest BCUT2D eigenvalue weighted by molar-refractivity contribution is 5.85. The summed E-state index contributed by atoms with van der Waals surface area (Å²) in [5.41, 5.74) is 7.06. The minimum atomic E-state index is -0.0871. The van der Waals surface area contributed by atoms with Crippen molar-refractivity contribution in [2.75, 3.05) is 0 Å². The summed E-state index contributed by atoms with van der Waals surface area (Å²) >= 11 is 0. The Morgan fingerprint density at radius 3 is 2.60 bits per heavy atom. The molecule has 2 aromatic heterocycles. The molecule has 7 heteroatoms. The first kappa shape index (κ1) is 13.3. The van der Waals surface area contributed by atoms with Gasteiger partial charge in [-0.2, -0.15) is 0 Å². The van der Waals surface area contributed by atoms with Crippen molar-refractivity contribution < 1.29 is 5.11 Å². The molecule has 0 atom stereocenters. The van der Waals surface area contributed by atoms with Gasteiger partial charge in [-0.05, 0) is 25.3 Å². The average Bonchev–Trinajstić information content (AvgIpc) is 2.30. The molecule has 2 aromatic rings. The average molecular weight is 295 g/mol. The molecule has 0 aromatic carbocycles. The quantitative estimate of drug-likeness (QED) is 0.803. The number of nitrogens with two attached hydrogens (primary N) is 1. The summed E-state index contributed by atoms with van der Waals surface area (Å²) in [7, 11) is 1.67. The lowest BCUT2D eigenvalue weighted by molar-refractivity contribution is -0.0600. The van der Waals surface area contributed by atoms with Crippen LogP contribution in [0.25, 0.3) is 11.0 Å². The Labute approximate surface area is 121 Å². The molecule has 2 heterocycles. The highest BCUT2D eigenvalue weighted by Gasteiger charge is 2.67. The number of hydrogen-bond donors (Lipinski definition) is 2. The van der Waals surface area contributed by atoms with E-state index < -0.39 is 0 Å². The molecule has 0 unspecified atom stereocenters. The van der Waals surface area contributed by atoms with E-state index in [0.717, 1.165) is 24.8 Å². The zero-order valence-corrected chi connectivity index (χ0v) is 11.8. The van der Waals surface area contributed by atoms with Crippen molar-refractivity contribution in [1.29, 1.82) is 0 Å². The molecule has 3 aliphatic carbocycles. The number of fused-ring (bicyclic) bond motifs is 1. The van der Waals surface area contributed by atoms with Crippen molar-refractivity contribution in [2.24, 2.45) is 12.8 Å². The summed E-state index contributed by atoms with van der Waals surface area (Å²) in [6, 6.07) is 1.74. The fourth-order valence-electron chi connectivity index (χ4n) is 3.79. The molecule has 0 amide bonds. The summed E-state index contributed by atoms with van der Waals surface area (Å²) in [5, 5.41) is 10.4. The number of hydrogen-bond acceptors (Lipinski definition) is 5. The van der Waals surface area contributed by atoms with Crippen LogP contribution in [0, 0.1) is 0 Å². The summed E-state index contributed by atoms with van der Waals surface area (Å²) in [6.07, 6.45) is 3.83. The number of halogens is 1. The maximum atomic E-state index is 12.4. The van der Waals surface area contributed by atoms with Crippen LogP contribution in [-0.4, -0.2) is 25.2 Å². The number of rotatable bonds is 1. The molecular weight excluding hydrogens is 280 g/mol. The van der Waals surface area contributed by atoms with Gasteiger partial charge in [0, 0.05) is 23.6 Å². The van der Waals surface area contributed by atoms with Crippen molar-refractivity contribution in [3.8, 4) is 5.88 Å². The number of aryl methyl sites for hydroxylation is 1. The lowest BCUT2D eigenvalue weighted by Crippen LogP contribution is -2.75. The van der Waals surface area contributed by atoms with Crippen molar-refractivity contribution in [1.82, 2.24) is 14.5 Å². The molecule has 0 spiro atoms. The predicted molar refractivity (Wildman–Crippen MR) is 76.1 cm³/mol. The summed E-state index contributed by atoms with van der Waals surface area (Å²) in [6.45, 7) is 0. The van der Waals surface area contributed by atoms with Gasteiger partial charge in [0.25, 0.3) is 5.56 Å². The number of nitrogens with zero attached hydrogens (tertiary/aromatic N) is 3. The van der Waals surface area contributed by atoms with E-state index >= 15 is 0 Å². The standard InChI is InChI=1S/C13H14N4O2.ClH/c1-17-9-7(10(18)16-6-15-9)2-8(11(17)19)12-3-13(14,4-12)5-12;/h2,6H,3-5,14H2,1H3,(H,15,16,18);1H. The Morgan fingerprint density at radius 2 is 2.00 bits per heavy atom.